The maximum Gasteiger partial charge on any atom is 0.137 e. The summed E-state index contributed by atoms with van der Waals surface area (Å²) in [5.41, 5.74) is 0.934. The molecular weight excluding hydrogens is 351 g/mol. The van der Waals surface area contributed by atoms with Crippen LogP contribution < -0.4 is 5.32 Å². The fourth-order valence-corrected chi connectivity index (χ4v) is 2.82. The lowest BCUT2D eigenvalue weighted by Crippen LogP contribution is -2.35. The van der Waals surface area contributed by atoms with Crippen LogP contribution in [0.1, 0.15) is 26.3 Å². The van der Waals surface area contributed by atoms with Crippen LogP contribution in [0.2, 0.25) is 0 Å². The lowest BCUT2D eigenvalue weighted by Gasteiger charge is -2.21. The molecule has 21 heavy (non-hydrogen) atoms. The highest BCUT2D eigenvalue weighted by molar-refractivity contribution is 9.10. The third-order valence-electron chi connectivity index (χ3n) is 2.76. The minimum atomic E-state index is -0.210. The first kappa shape index (κ1) is 16.5. The van der Waals surface area contributed by atoms with Gasteiger partial charge in [-0.1, -0.05) is 23.9 Å². The van der Waals surface area contributed by atoms with Gasteiger partial charge in [-0.3, -0.25) is 0 Å². The predicted molar refractivity (Wildman–Crippen MR) is 89.1 cm³/mol. The first-order valence-electron chi connectivity index (χ1n) is 6.67. The Morgan fingerprint density at radius 2 is 2.00 bits per heavy atom. The Morgan fingerprint density at radius 3 is 2.62 bits per heavy atom. The van der Waals surface area contributed by atoms with Crippen molar-refractivity contribution < 1.29 is 4.39 Å². The van der Waals surface area contributed by atoms with E-state index in [4.69, 9.17) is 0 Å². The van der Waals surface area contributed by atoms with Crippen molar-refractivity contribution >= 4 is 27.7 Å². The second-order valence-corrected chi connectivity index (χ2v) is 7.69. The first-order valence-corrected chi connectivity index (χ1v) is 8.28. The van der Waals surface area contributed by atoms with Crippen molar-refractivity contribution in [2.75, 3.05) is 0 Å². The largest absolute Gasteiger partial charge is 0.308 e. The van der Waals surface area contributed by atoms with E-state index in [0.717, 1.165) is 15.1 Å². The van der Waals surface area contributed by atoms with Crippen molar-refractivity contribution in [2.24, 2.45) is 0 Å². The monoisotopic (exact) mass is 368 g/mol. The number of benzene rings is 1. The van der Waals surface area contributed by atoms with Crippen LogP contribution in [0.4, 0.5) is 4.39 Å². The zero-order valence-electron chi connectivity index (χ0n) is 12.3. The molecule has 0 fully saturated rings. The third-order valence-corrected chi connectivity index (χ3v) is 4.35. The highest BCUT2D eigenvalue weighted by Gasteiger charge is 2.14. The molecule has 5 heteroatoms. The topological polar surface area (TPSA) is 24.9 Å². The number of aromatic nitrogens is 1. The number of pyridine rings is 1. The van der Waals surface area contributed by atoms with Crippen LogP contribution in [0, 0.1) is 5.82 Å². The summed E-state index contributed by atoms with van der Waals surface area (Å²) in [5.74, 6) is -0.210. The van der Waals surface area contributed by atoms with E-state index in [-0.39, 0.29) is 11.4 Å². The molecule has 0 aliphatic heterocycles. The number of rotatable bonds is 4. The molecule has 1 aromatic carbocycles. The van der Waals surface area contributed by atoms with E-state index in [1.54, 1.807) is 12.3 Å². The molecule has 112 valence electrons. The average Bonchev–Trinajstić information content (AvgIpc) is 2.41. The number of hydrogen-bond acceptors (Lipinski definition) is 3. The molecule has 1 N–H and O–H groups in total. The van der Waals surface area contributed by atoms with Crippen LogP contribution >= 0.6 is 27.7 Å². The van der Waals surface area contributed by atoms with Crippen LogP contribution in [0.25, 0.3) is 0 Å². The Kier molecular flexibility index (Phi) is 5.41. The van der Waals surface area contributed by atoms with Gasteiger partial charge in [0.15, 0.2) is 0 Å². The third kappa shape index (κ3) is 5.09. The number of halogens is 2. The van der Waals surface area contributed by atoms with E-state index in [0.29, 0.717) is 11.4 Å². The summed E-state index contributed by atoms with van der Waals surface area (Å²) < 4.78 is 15.1. The molecule has 1 aromatic heterocycles. The van der Waals surface area contributed by atoms with Crippen molar-refractivity contribution in [1.29, 1.82) is 0 Å². The molecule has 0 radical (unpaired) electrons. The van der Waals surface area contributed by atoms with Crippen LogP contribution in [-0.2, 0) is 6.54 Å². The number of hydrogen-bond donors (Lipinski definition) is 1. The highest BCUT2D eigenvalue weighted by Crippen LogP contribution is 2.32. The van der Waals surface area contributed by atoms with Gasteiger partial charge in [-0.25, -0.2) is 9.37 Å². The fourth-order valence-electron chi connectivity index (χ4n) is 1.69. The van der Waals surface area contributed by atoms with E-state index in [9.17, 15) is 4.39 Å². The molecule has 0 spiro atoms. The lowest BCUT2D eigenvalue weighted by molar-refractivity contribution is 0.421. The lowest BCUT2D eigenvalue weighted by atomic mass is 10.1. The van der Waals surface area contributed by atoms with Gasteiger partial charge in [0, 0.05) is 22.8 Å². The maximum absolute atomic E-state index is 14.1. The van der Waals surface area contributed by atoms with Gasteiger partial charge in [-0.05, 0) is 60.5 Å². The quantitative estimate of drug-likeness (QED) is 0.819. The SMILES string of the molecule is CC(C)(C)NCc1cccc(F)c1Sc1ccc(Br)cn1. The molecule has 2 nitrogen and oxygen atoms in total. The summed E-state index contributed by atoms with van der Waals surface area (Å²) in [6.07, 6.45) is 1.72. The summed E-state index contributed by atoms with van der Waals surface area (Å²) in [5, 5.41) is 4.17. The van der Waals surface area contributed by atoms with E-state index in [1.165, 1.54) is 17.8 Å². The van der Waals surface area contributed by atoms with Crippen molar-refractivity contribution in [3.8, 4) is 0 Å². The van der Waals surface area contributed by atoms with Gasteiger partial charge in [0.05, 0.1) is 4.90 Å². The molecule has 0 bridgehead atoms. The Bertz CT molecular complexity index is 609. The van der Waals surface area contributed by atoms with Crippen molar-refractivity contribution in [2.45, 2.75) is 42.8 Å². The Balaban J connectivity index is 2.23. The molecule has 2 aromatic rings. The number of nitrogens with zero attached hydrogens (tertiary/aromatic N) is 1. The molecule has 0 aliphatic rings. The normalized spacial score (nSPS) is 11.7. The summed E-state index contributed by atoms with van der Waals surface area (Å²) in [4.78, 5) is 4.92. The van der Waals surface area contributed by atoms with Crippen LogP contribution in [0.3, 0.4) is 0 Å². The molecule has 0 saturated heterocycles. The van der Waals surface area contributed by atoms with Crippen molar-refractivity contribution in [3.05, 3.63) is 52.4 Å². The van der Waals surface area contributed by atoms with Crippen molar-refractivity contribution in [1.82, 2.24) is 10.3 Å². The van der Waals surface area contributed by atoms with Crippen LogP contribution in [-0.4, -0.2) is 10.5 Å². The minimum Gasteiger partial charge on any atom is -0.308 e. The molecule has 2 rings (SSSR count). The van der Waals surface area contributed by atoms with Crippen LogP contribution in [0.15, 0.2) is 50.9 Å². The predicted octanol–water partition coefficient (Wildman–Crippen LogP) is 5.02. The highest BCUT2D eigenvalue weighted by atomic mass is 79.9. The Labute approximate surface area is 137 Å². The van der Waals surface area contributed by atoms with Gasteiger partial charge < -0.3 is 5.32 Å². The van der Waals surface area contributed by atoms with Crippen molar-refractivity contribution in [3.63, 3.8) is 0 Å². The Morgan fingerprint density at radius 1 is 1.24 bits per heavy atom. The summed E-state index contributed by atoms with van der Waals surface area (Å²) in [6, 6.07) is 8.96. The molecule has 1 heterocycles. The summed E-state index contributed by atoms with van der Waals surface area (Å²) >= 11 is 4.70. The van der Waals surface area contributed by atoms with E-state index >= 15 is 0 Å². The first-order chi connectivity index (χ1) is 9.85. The van der Waals surface area contributed by atoms with Gasteiger partial charge in [0.2, 0.25) is 0 Å². The van der Waals surface area contributed by atoms with E-state index < -0.39 is 0 Å². The zero-order chi connectivity index (χ0) is 15.5. The molecule has 0 unspecified atom stereocenters. The maximum atomic E-state index is 14.1. The smallest absolute Gasteiger partial charge is 0.137 e. The number of nitrogens with one attached hydrogen (secondary N) is 1. The molecule has 0 atom stereocenters. The molecular formula is C16H18BrFN2S. The van der Waals surface area contributed by atoms with Gasteiger partial charge >= 0.3 is 0 Å². The second kappa shape index (κ2) is 6.90. The summed E-state index contributed by atoms with van der Waals surface area (Å²) in [6.45, 7) is 6.90. The van der Waals surface area contributed by atoms with Crippen LogP contribution in [0.5, 0.6) is 0 Å². The van der Waals surface area contributed by atoms with Gasteiger partial charge in [-0.15, -0.1) is 0 Å². The van der Waals surface area contributed by atoms with Gasteiger partial charge in [0.25, 0.3) is 0 Å². The second-order valence-electron chi connectivity index (χ2n) is 5.75. The minimum absolute atomic E-state index is 0.00981. The van der Waals surface area contributed by atoms with E-state index in [2.05, 4.69) is 47.0 Å². The molecule has 0 amide bonds. The summed E-state index contributed by atoms with van der Waals surface area (Å²) in [7, 11) is 0. The molecule has 0 aliphatic carbocycles. The fraction of sp³-hybridized carbons (Fsp3) is 0.312. The molecule has 0 saturated carbocycles. The van der Waals surface area contributed by atoms with Gasteiger partial charge in [-0.2, -0.15) is 0 Å². The zero-order valence-corrected chi connectivity index (χ0v) is 14.7. The van der Waals surface area contributed by atoms with Gasteiger partial charge in [0.1, 0.15) is 10.8 Å². The Hall–Kier alpha value is -0.910. The average molecular weight is 369 g/mol. The van der Waals surface area contributed by atoms with E-state index in [1.807, 2.05) is 18.2 Å². The standard InChI is InChI=1S/C16H18BrFN2S/c1-16(2,3)20-9-11-5-4-6-13(18)15(11)21-14-8-7-12(17)10-19-14/h4-8,10,20H,9H2,1-3H3.